The van der Waals surface area contributed by atoms with E-state index in [1.54, 1.807) is 6.92 Å². The zero-order valence-electron chi connectivity index (χ0n) is 11.6. The zero-order valence-corrected chi connectivity index (χ0v) is 11.6. The Balaban J connectivity index is 1.94. The molecular formula is C15H21NO3. The van der Waals surface area contributed by atoms with Crippen LogP contribution in [0.15, 0.2) is 18.2 Å². The van der Waals surface area contributed by atoms with Crippen LogP contribution in [-0.4, -0.2) is 35.6 Å². The predicted octanol–water partition coefficient (Wildman–Crippen LogP) is 2.05. The van der Waals surface area contributed by atoms with Crippen LogP contribution in [-0.2, 0) is 4.79 Å². The first-order valence-corrected chi connectivity index (χ1v) is 6.77. The van der Waals surface area contributed by atoms with Crippen LogP contribution in [0.25, 0.3) is 0 Å². The van der Waals surface area contributed by atoms with Crippen LogP contribution < -0.4 is 4.74 Å². The first kappa shape index (κ1) is 13.9. The molecule has 0 saturated carbocycles. The lowest BCUT2D eigenvalue weighted by molar-refractivity contribution is -0.132. The van der Waals surface area contributed by atoms with Crippen molar-refractivity contribution in [2.24, 2.45) is 0 Å². The van der Waals surface area contributed by atoms with Gasteiger partial charge in [0.05, 0.1) is 6.10 Å². The summed E-state index contributed by atoms with van der Waals surface area (Å²) in [6.45, 7) is 5.44. The summed E-state index contributed by atoms with van der Waals surface area (Å²) in [7, 11) is 0. The van der Waals surface area contributed by atoms with Crippen molar-refractivity contribution in [3.8, 4) is 5.75 Å². The lowest BCUT2D eigenvalue weighted by Crippen LogP contribution is -2.32. The second-order valence-corrected chi connectivity index (χ2v) is 5.08. The van der Waals surface area contributed by atoms with Gasteiger partial charge in [0.2, 0.25) is 0 Å². The van der Waals surface area contributed by atoms with E-state index in [9.17, 15) is 9.90 Å². The number of carbonyl (C=O) groups is 1. The Kier molecular flexibility index (Phi) is 4.43. The van der Waals surface area contributed by atoms with E-state index in [4.69, 9.17) is 4.74 Å². The fraction of sp³-hybridized carbons (Fsp3) is 0.533. The molecule has 1 aromatic carbocycles. The van der Waals surface area contributed by atoms with Gasteiger partial charge in [-0.15, -0.1) is 0 Å². The van der Waals surface area contributed by atoms with Crippen LogP contribution in [0, 0.1) is 6.92 Å². The molecule has 1 aliphatic heterocycles. The number of aliphatic hydroxyl groups is 1. The summed E-state index contributed by atoms with van der Waals surface area (Å²) in [6.07, 6.45) is 1.70. The lowest BCUT2D eigenvalue weighted by Gasteiger charge is -2.16. The highest BCUT2D eigenvalue weighted by Crippen LogP contribution is 2.22. The molecule has 0 spiro atoms. The van der Waals surface area contributed by atoms with Gasteiger partial charge in [0.15, 0.2) is 6.61 Å². The van der Waals surface area contributed by atoms with Gasteiger partial charge in [-0.3, -0.25) is 4.79 Å². The Morgan fingerprint density at radius 1 is 1.42 bits per heavy atom. The van der Waals surface area contributed by atoms with Gasteiger partial charge in [-0.05, 0) is 49.9 Å². The summed E-state index contributed by atoms with van der Waals surface area (Å²) in [5.41, 5.74) is 1.79. The fourth-order valence-electron chi connectivity index (χ4n) is 2.29. The molecule has 4 nitrogen and oxygen atoms in total. The molecule has 1 fully saturated rings. The Morgan fingerprint density at radius 2 is 2.11 bits per heavy atom. The van der Waals surface area contributed by atoms with Crippen LogP contribution in [0.2, 0.25) is 0 Å². The Bertz CT molecular complexity index is 451. The molecule has 1 N–H and O–H groups in total. The molecule has 2 rings (SSSR count). The molecular weight excluding hydrogens is 242 g/mol. The van der Waals surface area contributed by atoms with Gasteiger partial charge >= 0.3 is 0 Å². The third-order valence-electron chi connectivity index (χ3n) is 3.49. The number of likely N-dealkylation sites (tertiary alicyclic amines) is 1. The van der Waals surface area contributed by atoms with Crippen LogP contribution >= 0.6 is 0 Å². The average molecular weight is 263 g/mol. The van der Waals surface area contributed by atoms with E-state index in [0.29, 0.717) is 5.75 Å². The number of carbonyl (C=O) groups excluding carboxylic acids is 1. The van der Waals surface area contributed by atoms with Gasteiger partial charge < -0.3 is 14.7 Å². The molecule has 1 saturated heterocycles. The maximum absolute atomic E-state index is 11.9. The highest BCUT2D eigenvalue weighted by molar-refractivity contribution is 5.78. The van der Waals surface area contributed by atoms with Gasteiger partial charge in [0.1, 0.15) is 5.75 Å². The lowest BCUT2D eigenvalue weighted by atomic mass is 10.1. The van der Waals surface area contributed by atoms with Crippen molar-refractivity contribution in [1.29, 1.82) is 0 Å². The number of ether oxygens (including phenoxy) is 1. The first-order chi connectivity index (χ1) is 9.08. The molecule has 0 aliphatic carbocycles. The van der Waals surface area contributed by atoms with Crippen molar-refractivity contribution in [2.45, 2.75) is 32.8 Å². The molecule has 1 aromatic rings. The van der Waals surface area contributed by atoms with Gasteiger partial charge in [0, 0.05) is 13.1 Å². The van der Waals surface area contributed by atoms with Gasteiger partial charge in [-0.25, -0.2) is 0 Å². The second-order valence-electron chi connectivity index (χ2n) is 5.08. The molecule has 0 aromatic heterocycles. The van der Waals surface area contributed by atoms with Crippen molar-refractivity contribution in [1.82, 2.24) is 4.90 Å². The van der Waals surface area contributed by atoms with E-state index in [1.165, 1.54) is 0 Å². The summed E-state index contributed by atoms with van der Waals surface area (Å²) in [6, 6.07) is 5.53. The molecule has 1 atom stereocenters. The summed E-state index contributed by atoms with van der Waals surface area (Å²) in [5, 5.41) is 9.50. The zero-order chi connectivity index (χ0) is 13.8. The molecule has 0 radical (unpaired) electrons. The number of hydrogen-bond acceptors (Lipinski definition) is 3. The van der Waals surface area contributed by atoms with Crippen molar-refractivity contribution >= 4 is 5.91 Å². The van der Waals surface area contributed by atoms with Gasteiger partial charge in [-0.1, -0.05) is 6.07 Å². The van der Waals surface area contributed by atoms with E-state index >= 15 is 0 Å². The average Bonchev–Trinajstić information content (AvgIpc) is 2.90. The largest absolute Gasteiger partial charge is 0.484 e. The van der Waals surface area contributed by atoms with E-state index in [0.717, 1.165) is 37.1 Å². The number of nitrogens with zero attached hydrogens (tertiary/aromatic N) is 1. The third kappa shape index (κ3) is 3.47. The maximum atomic E-state index is 11.9. The normalized spacial score (nSPS) is 16.5. The monoisotopic (exact) mass is 263 g/mol. The van der Waals surface area contributed by atoms with Crippen molar-refractivity contribution < 1.29 is 14.6 Å². The molecule has 19 heavy (non-hydrogen) atoms. The molecule has 1 heterocycles. The molecule has 0 bridgehead atoms. The minimum Gasteiger partial charge on any atom is -0.484 e. The summed E-state index contributed by atoms with van der Waals surface area (Å²) < 4.78 is 5.57. The summed E-state index contributed by atoms with van der Waals surface area (Å²) in [5.74, 6) is 0.758. The number of aryl methyl sites for hydroxylation is 1. The SMILES string of the molecule is Cc1cc([C@@H](C)O)ccc1OCC(=O)N1CCCC1. The standard InChI is InChI=1S/C15H21NO3/c1-11-9-13(12(2)17)5-6-14(11)19-10-15(18)16-7-3-4-8-16/h5-6,9,12,17H,3-4,7-8,10H2,1-2H3/t12-/m1/s1. The van der Waals surface area contributed by atoms with Crippen LogP contribution in [0.1, 0.15) is 37.0 Å². The van der Waals surface area contributed by atoms with Crippen LogP contribution in [0.3, 0.4) is 0 Å². The molecule has 4 heteroatoms. The molecule has 1 aliphatic rings. The summed E-state index contributed by atoms with van der Waals surface area (Å²) >= 11 is 0. The van der Waals surface area contributed by atoms with Gasteiger partial charge in [0.25, 0.3) is 5.91 Å². The van der Waals surface area contributed by atoms with Crippen LogP contribution in [0.4, 0.5) is 0 Å². The molecule has 1 amide bonds. The predicted molar refractivity (Wildman–Crippen MR) is 73.1 cm³/mol. The van der Waals surface area contributed by atoms with E-state index in [2.05, 4.69) is 0 Å². The number of aliphatic hydroxyl groups excluding tert-OH is 1. The number of benzene rings is 1. The van der Waals surface area contributed by atoms with Gasteiger partial charge in [-0.2, -0.15) is 0 Å². The Hall–Kier alpha value is -1.55. The molecule has 0 unspecified atom stereocenters. The minimum atomic E-state index is -0.487. The highest BCUT2D eigenvalue weighted by atomic mass is 16.5. The smallest absolute Gasteiger partial charge is 0.260 e. The number of hydrogen-bond donors (Lipinski definition) is 1. The fourth-order valence-corrected chi connectivity index (χ4v) is 2.29. The highest BCUT2D eigenvalue weighted by Gasteiger charge is 2.18. The van der Waals surface area contributed by atoms with E-state index in [1.807, 2.05) is 30.0 Å². The topological polar surface area (TPSA) is 49.8 Å². The Labute approximate surface area is 114 Å². The maximum Gasteiger partial charge on any atom is 0.260 e. The Morgan fingerprint density at radius 3 is 2.68 bits per heavy atom. The second kappa shape index (κ2) is 6.06. The quantitative estimate of drug-likeness (QED) is 0.904. The third-order valence-corrected chi connectivity index (χ3v) is 3.49. The van der Waals surface area contributed by atoms with Crippen molar-refractivity contribution in [3.05, 3.63) is 29.3 Å². The molecule has 104 valence electrons. The number of rotatable bonds is 4. The minimum absolute atomic E-state index is 0.0523. The van der Waals surface area contributed by atoms with Crippen LogP contribution in [0.5, 0.6) is 5.75 Å². The van der Waals surface area contributed by atoms with Crippen molar-refractivity contribution in [2.75, 3.05) is 19.7 Å². The van der Waals surface area contributed by atoms with E-state index < -0.39 is 6.10 Å². The number of amides is 1. The van der Waals surface area contributed by atoms with E-state index in [-0.39, 0.29) is 12.5 Å². The van der Waals surface area contributed by atoms with Crippen molar-refractivity contribution in [3.63, 3.8) is 0 Å². The first-order valence-electron chi connectivity index (χ1n) is 6.77. The summed E-state index contributed by atoms with van der Waals surface area (Å²) in [4.78, 5) is 13.7.